The number of nitrogens with one attached hydrogen (secondary N) is 1. The van der Waals surface area contributed by atoms with Crippen LogP contribution in [0.1, 0.15) is 32.3 Å². The molecule has 5 nitrogen and oxygen atoms in total. The first-order valence-corrected chi connectivity index (χ1v) is 9.66. The van der Waals surface area contributed by atoms with Crippen LogP contribution in [0.15, 0.2) is 48.5 Å². The Morgan fingerprint density at radius 2 is 1.74 bits per heavy atom. The van der Waals surface area contributed by atoms with Gasteiger partial charge in [0.1, 0.15) is 11.5 Å². The monoisotopic (exact) mass is 368 g/mol. The second-order valence-electron chi connectivity index (χ2n) is 6.79. The number of carbonyl (C=O) groups excluding carboxylic acids is 1. The van der Waals surface area contributed by atoms with Crippen LogP contribution in [0.2, 0.25) is 0 Å². The fraction of sp³-hybridized carbons (Fsp3) is 0.409. The quantitative estimate of drug-likeness (QED) is 0.763. The second-order valence-corrected chi connectivity index (χ2v) is 6.79. The predicted octanol–water partition coefficient (Wildman–Crippen LogP) is 4.09. The molecule has 1 unspecified atom stereocenters. The van der Waals surface area contributed by atoms with E-state index in [0.717, 1.165) is 36.6 Å². The predicted molar refractivity (Wildman–Crippen MR) is 107 cm³/mol. The van der Waals surface area contributed by atoms with Crippen molar-refractivity contribution in [2.75, 3.05) is 25.0 Å². The smallest absolute Gasteiger partial charge is 0.265 e. The maximum absolute atomic E-state index is 12.6. The van der Waals surface area contributed by atoms with E-state index in [1.807, 2.05) is 49.4 Å². The van der Waals surface area contributed by atoms with Gasteiger partial charge in [-0.25, -0.2) is 0 Å². The van der Waals surface area contributed by atoms with Gasteiger partial charge in [-0.05, 0) is 75.7 Å². The van der Waals surface area contributed by atoms with Gasteiger partial charge in [0.05, 0.1) is 6.61 Å². The van der Waals surface area contributed by atoms with Gasteiger partial charge in [0.15, 0.2) is 6.10 Å². The van der Waals surface area contributed by atoms with Crippen LogP contribution < -0.4 is 14.8 Å². The van der Waals surface area contributed by atoms with Crippen molar-refractivity contribution in [2.45, 2.75) is 39.3 Å². The number of carbonyl (C=O) groups is 1. The van der Waals surface area contributed by atoms with Gasteiger partial charge in [-0.3, -0.25) is 9.69 Å². The molecule has 0 saturated carbocycles. The van der Waals surface area contributed by atoms with Crippen molar-refractivity contribution < 1.29 is 14.3 Å². The third-order valence-electron chi connectivity index (χ3n) is 4.68. The van der Waals surface area contributed by atoms with E-state index < -0.39 is 6.10 Å². The molecule has 0 radical (unpaired) electrons. The molecule has 2 aromatic carbocycles. The third-order valence-corrected chi connectivity index (χ3v) is 4.68. The van der Waals surface area contributed by atoms with Crippen molar-refractivity contribution in [1.29, 1.82) is 0 Å². The van der Waals surface area contributed by atoms with Crippen molar-refractivity contribution in [3.63, 3.8) is 0 Å². The fourth-order valence-corrected chi connectivity index (χ4v) is 3.23. The first-order valence-electron chi connectivity index (χ1n) is 9.66. The molecule has 144 valence electrons. The zero-order valence-corrected chi connectivity index (χ0v) is 16.1. The summed E-state index contributed by atoms with van der Waals surface area (Å²) in [5.41, 5.74) is 2.00. The Kier molecular flexibility index (Phi) is 6.71. The Morgan fingerprint density at radius 3 is 2.44 bits per heavy atom. The summed E-state index contributed by atoms with van der Waals surface area (Å²) < 4.78 is 11.2. The number of nitrogens with zero attached hydrogens (tertiary/aromatic N) is 1. The molecule has 5 heteroatoms. The first kappa shape index (κ1) is 19.2. The van der Waals surface area contributed by atoms with Crippen LogP contribution in [0.4, 0.5) is 5.69 Å². The molecule has 1 amide bonds. The van der Waals surface area contributed by atoms with Crippen LogP contribution in [0.3, 0.4) is 0 Å². The number of amides is 1. The largest absolute Gasteiger partial charge is 0.494 e. The lowest BCUT2D eigenvalue weighted by Crippen LogP contribution is -2.31. The summed E-state index contributed by atoms with van der Waals surface area (Å²) >= 11 is 0. The molecule has 0 aromatic heterocycles. The topological polar surface area (TPSA) is 50.8 Å². The van der Waals surface area contributed by atoms with E-state index in [0.29, 0.717) is 12.4 Å². The normalized spacial score (nSPS) is 15.3. The van der Waals surface area contributed by atoms with Gasteiger partial charge in [0, 0.05) is 12.2 Å². The molecule has 2 aromatic rings. The van der Waals surface area contributed by atoms with Crippen molar-refractivity contribution in [1.82, 2.24) is 4.90 Å². The summed E-state index contributed by atoms with van der Waals surface area (Å²) in [7, 11) is 0. The van der Waals surface area contributed by atoms with Gasteiger partial charge in [0.2, 0.25) is 0 Å². The highest BCUT2D eigenvalue weighted by Gasteiger charge is 2.18. The second kappa shape index (κ2) is 9.42. The van der Waals surface area contributed by atoms with Crippen molar-refractivity contribution in [2.24, 2.45) is 0 Å². The lowest BCUT2D eigenvalue weighted by molar-refractivity contribution is -0.122. The molecule has 1 aliphatic rings. The minimum Gasteiger partial charge on any atom is -0.494 e. The highest BCUT2D eigenvalue weighted by molar-refractivity contribution is 5.94. The third kappa shape index (κ3) is 5.47. The number of anilines is 1. The number of likely N-dealkylation sites (tertiary alicyclic amines) is 1. The molecule has 27 heavy (non-hydrogen) atoms. The fourth-order valence-electron chi connectivity index (χ4n) is 3.23. The van der Waals surface area contributed by atoms with Crippen molar-refractivity contribution >= 4 is 11.6 Å². The minimum absolute atomic E-state index is 0.155. The zero-order chi connectivity index (χ0) is 19.1. The summed E-state index contributed by atoms with van der Waals surface area (Å²) in [4.78, 5) is 15.0. The first-order chi connectivity index (χ1) is 13.2. The Bertz CT molecular complexity index is 739. The average molecular weight is 368 g/mol. The lowest BCUT2D eigenvalue weighted by atomic mass is 10.1. The van der Waals surface area contributed by atoms with Gasteiger partial charge in [-0.15, -0.1) is 0 Å². The van der Waals surface area contributed by atoms with Gasteiger partial charge in [0.25, 0.3) is 5.91 Å². The van der Waals surface area contributed by atoms with Gasteiger partial charge < -0.3 is 14.8 Å². The molecule has 0 aliphatic carbocycles. The van der Waals surface area contributed by atoms with E-state index >= 15 is 0 Å². The van der Waals surface area contributed by atoms with Crippen molar-refractivity contribution in [3.8, 4) is 11.5 Å². The standard InChI is InChI=1S/C22H28N2O3/c1-3-26-19-10-12-20(13-11-19)27-17(2)22(25)23-21-9-5-4-8-18(21)16-24-14-6-7-15-24/h4-5,8-13,17H,3,6-7,14-16H2,1-2H3,(H,23,25). The van der Waals surface area contributed by atoms with Crippen molar-refractivity contribution in [3.05, 3.63) is 54.1 Å². The molecular formula is C22H28N2O3. The van der Waals surface area contributed by atoms with Crippen LogP contribution in [-0.4, -0.2) is 36.6 Å². The molecule has 0 bridgehead atoms. The molecule has 1 atom stereocenters. The summed E-state index contributed by atoms with van der Waals surface area (Å²) in [5, 5.41) is 3.02. The van der Waals surface area contributed by atoms with Crippen LogP contribution in [0.25, 0.3) is 0 Å². The Hall–Kier alpha value is -2.53. The maximum Gasteiger partial charge on any atom is 0.265 e. The molecule has 1 fully saturated rings. The Balaban J connectivity index is 1.59. The van der Waals surface area contributed by atoms with E-state index in [-0.39, 0.29) is 5.91 Å². The van der Waals surface area contributed by atoms with Crippen LogP contribution >= 0.6 is 0 Å². The number of para-hydroxylation sites is 1. The highest BCUT2D eigenvalue weighted by Crippen LogP contribution is 2.22. The maximum atomic E-state index is 12.6. The summed E-state index contributed by atoms with van der Waals surface area (Å²) in [6.07, 6.45) is 1.91. The number of ether oxygens (including phenoxy) is 2. The number of rotatable bonds is 8. The van der Waals surface area contributed by atoms with E-state index in [4.69, 9.17) is 9.47 Å². The van der Waals surface area contributed by atoms with Crippen LogP contribution in [0.5, 0.6) is 11.5 Å². The molecule has 3 rings (SSSR count). The molecule has 0 spiro atoms. The average Bonchev–Trinajstić information content (AvgIpc) is 3.18. The lowest BCUT2D eigenvalue weighted by Gasteiger charge is -2.19. The highest BCUT2D eigenvalue weighted by atomic mass is 16.5. The van der Waals surface area contributed by atoms with Gasteiger partial charge >= 0.3 is 0 Å². The van der Waals surface area contributed by atoms with Crippen LogP contribution in [0, 0.1) is 0 Å². The molecule has 1 heterocycles. The number of hydrogen-bond acceptors (Lipinski definition) is 4. The number of hydrogen-bond donors (Lipinski definition) is 1. The van der Waals surface area contributed by atoms with Gasteiger partial charge in [-0.2, -0.15) is 0 Å². The Labute approximate surface area is 161 Å². The zero-order valence-electron chi connectivity index (χ0n) is 16.1. The van der Waals surface area contributed by atoms with Gasteiger partial charge in [-0.1, -0.05) is 18.2 Å². The summed E-state index contributed by atoms with van der Waals surface area (Å²) in [6.45, 7) is 7.44. The van der Waals surface area contributed by atoms with E-state index in [9.17, 15) is 4.79 Å². The van der Waals surface area contributed by atoms with E-state index in [2.05, 4.69) is 16.3 Å². The SMILES string of the molecule is CCOc1ccc(OC(C)C(=O)Nc2ccccc2CN2CCCC2)cc1. The minimum atomic E-state index is -0.595. The Morgan fingerprint density at radius 1 is 1.07 bits per heavy atom. The molecule has 1 saturated heterocycles. The van der Waals surface area contributed by atoms with E-state index in [1.54, 1.807) is 6.92 Å². The molecule has 1 N–H and O–H groups in total. The summed E-state index contributed by atoms with van der Waals surface area (Å²) in [5.74, 6) is 1.28. The molecular weight excluding hydrogens is 340 g/mol. The number of benzene rings is 2. The van der Waals surface area contributed by atoms with Crippen LogP contribution in [-0.2, 0) is 11.3 Å². The molecule has 1 aliphatic heterocycles. The summed E-state index contributed by atoms with van der Waals surface area (Å²) in [6, 6.07) is 15.3. The van der Waals surface area contributed by atoms with E-state index in [1.165, 1.54) is 12.8 Å².